The molecule has 28 heavy (non-hydrogen) atoms. The highest BCUT2D eigenvalue weighted by Crippen LogP contribution is 2.21. The number of amides is 1. The van der Waals surface area contributed by atoms with Gasteiger partial charge in [0, 0.05) is 12.7 Å². The highest BCUT2D eigenvalue weighted by Gasteiger charge is 2.16. The van der Waals surface area contributed by atoms with Crippen LogP contribution in [-0.2, 0) is 19.6 Å². The van der Waals surface area contributed by atoms with Crippen molar-refractivity contribution in [3.63, 3.8) is 0 Å². The number of nitrogens with one attached hydrogen (secondary N) is 1. The van der Waals surface area contributed by atoms with E-state index in [1.54, 1.807) is 55.5 Å². The lowest BCUT2D eigenvalue weighted by Gasteiger charge is -2.18. The van der Waals surface area contributed by atoms with Crippen molar-refractivity contribution in [3.05, 3.63) is 54.1 Å². The summed E-state index contributed by atoms with van der Waals surface area (Å²) in [6, 6.07) is 12.6. The van der Waals surface area contributed by atoms with Crippen molar-refractivity contribution in [2.75, 3.05) is 30.0 Å². The zero-order valence-electron chi connectivity index (χ0n) is 16.0. The van der Waals surface area contributed by atoms with Gasteiger partial charge in [0.2, 0.25) is 10.0 Å². The van der Waals surface area contributed by atoms with Crippen LogP contribution in [0.2, 0.25) is 0 Å². The van der Waals surface area contributed by atoms with Crippen LogP contribution in [0.4, 0.5) is 11.4 Å². The van der Waals surface area contributed by atoms with E-state index in [-0.39, 0.29) is 5.91 Å². The SMILES string of the molecule is COC(=O)c1ccc(NC(=O)[C@H](C)Oc2ccc(N(C)S(C)(=O)=O)cc2)cc1. The molecule has 1 atom stereocenters. The first-order valence-corrected chi connectivity index (χ1v) is 10.2. The standard InChI is InChI=1S/C19H22N2O6S/c1-13(18(22)20-15-7-5-14(6-8-15)19(23)26-3)27-17-11-9-16(10-12-17)21(2)28(4,24)25/h5-13H,1-4H3,(H,20,22)/t13-/m0/s1. The molecule has 0 saturated heterocycles. The fraction of sp³-hybridized carbons (Fsp3) is 0.263. The summed E-state index contributed by atoms with van der Waals surface area (Å²) in [6.45, 7) is 1.59. The summed E-state index contributed by atoms with van der Waals surface area (Å²) in [5.74, 6) is -0.406. The number of anilines is 2. The van der Waals surface area contributed by atoms with Crippen molar-refractivity contribution in [1.82, 2.24) is 0 Å². The fourth-order valence-electron chi connectivity index (χ4n) is 2.24. The second-order valence-electron chi connectivity index (χ2n) is 6.04. The first-order chi connectivity index (χ1) is 13.1. The summed E-state index contributed by atoms with van der Waals surface area (Å²) in [7, 11) is -0.605. The van der Waals surface area contributed by atoms with Gasteiger partial charge in [0.05, 0.1) is 24.6 Å². The molecule has 0 spiro atoms. The van der Waals surface area contributed by atoms with E-state index in [9.17, 15) is 18.0 Å². The Morgan fingerprint density at radius 3 is 2.11 bits per heavy atom. The highest BCUT2D eigenvalue weighted by atomic mass is 32.2. The second kappa shape index (κ2) is 8.75. The number of esters is 1. The monoisotopic (exact) mass is 406 g/mol. The van der Waals surface area contributed by atoms with Gasteiger partial charge in [-0.1, -0.05) is 0 Å². The summed E-state index contributed by atoms with van der Waals surface area (Å²) < 4.78 is 34.5. The molecule has 0 saturated carbocycles. The predicted molar refractivity (Wildman–Crippen MR) is 106 cm³/mol. The van der Waals surface area contributed by atoms with Crippen LogP contribution in [0, 0.1) is 0 Å². The van der Waals surface area contributed by atoms with Crippen LogP contribution in [0.1, 0.15) is 17.3 Å². The van der Waals surface area contributed by atoms with Crippen LogP contribution in [0.25, 0.3) is 0 Å². The van der Waals surface area contributed by atoms with Gasteiger partial charge in [-0.25, -0.2) is 13.2 Å². The minimum absolute atomic E-state index is 0.372. The molecule has 0 aliphatic rings. The molecular weight excluding hydrogens is 384 g/mol. The molecule has 0 unspecified atom stereocenters. The lowest BCUT2D eigenvalue weighted by molar-refractivity contribution is -0.122. The third-order valence-corrected chi connectivity index (χ3v) is 5.16. The minimum Gasteiger partial charge on any atom is -0.481 e. The van der Waals surface area contributed by atoms with E-state index in [2.05, 4.69) is 10.1 Å². The van der Waals surface area contributed by atoms with Gasteiger partial charge < -0.3 is 14.8 Å². The number of nitrogens with zero attached hydrogens (tertiary/aromatic N) is 1. The maximum absolute atomic E-state index is 12.3. The zero-order chi connectivity index (χ0) is 20.9. The average molecular weight is 406 g/mol. The molecule has 0 bridgehead atoms. The molecule has 1 N–H and O–H groups in total. The summed E-state index contributed by atoms with van der Waals surface area (Å²) >= 11 is 0. The predicted octanol–water partition coefficient (Wildman–Crippen LogP) is 2.28. The molecule has 150 valence electrons. The van der Waals surface area contributed by atoms with Gasteiger partial charge >= 0.3 is 5.97 Å². The highest BCUT2D eigenvalue weighted by molar-refractivity contribution is 7.92. The van der Waals surface area contributed by atoms with Gasteiger partial charge in [0.15, 0.2) is 6.10 Å². The lowest BCUT2D eigenvalue weighted by Crippen LogP contribution is -2.30. The Kier molecular flexibility index (Phi) is 6.63. The van der Waals surface area contributed by atoms with Crippen molar-refractivity contribution >= 4 is 33.3 Å². The van der Waals surface area contributed by atoms with E-state index in [1.165, 1.54) is 14.2 Å². The molecule has 2 aromatic rings. The molecule has 8 nitrogen and oxygen atoms in total. The number of ether oxygens (including phenoxy) is 2. The summed E-state index contributed by atoms with van der Waals surface area (Å²) in [4.78, 5) is 23.7. The van der Waals surface area contributed by atoms with E-state index in [0.29, 0.717) is 22.7 Å². The number of benzene rings is 2. The number of carbonyl (C=O) groups is 2. The number of methoxy groups -OCH3 is 1. The molecule has 9 heteroatoms. The maximum atomic E-state index is 12.3. The zero-order valence-corrected chi connectivity index (χ0v) is 16.8. The Morgan fingerprint density at radius 1 is 1.04 bits per heavy atom. The molecule has 0 aliphatic heterocycles. The summed E-state index contributed by atoms with van der Waals surface area (Å²) in [5, 5.41) is 2.69. The second-order valence-corrected chi connectivity index (χ2v) is 8.06. The Balaban J connectivity index is 1.97. The van der Waals surface area contributed by atoms with Crippen LogP contribution in [0.15, 0.2) is 48.5 Å². The van der Waals surface area contributed by atoms with E-state index < -0.39 is 22.1 Å². The normalized spacial score (nSPS) is 12.0. The number of rotatable bonds is 7. The lowest BCUT2D eigenvalue weighted by atomic mass is 10.2. The largest absolute Gasteiger partial charge is 0.481 e. The number of hydrogen-bond donors (Lipinski definition) is 1. The van der Waals surface area contributed by atoms with E-state index in [0.717, 1.165) is 10.6 Å². The Morgan fingerprint density at radius 2 is 1.61 bits per heavy atom. The Hall–Kier alpha value is -3.07. The third kappa shape index (κ3) is 5.46. The maximum Gasteiger partial charge on any atom is 0.337 e. The smallest absolute Gasteiger partial charge is 0.337 e. The van der Waals surface area contributed by atoms with Crippen LogP contribution in [-0.4, -0.2) is 46.8 Å². The number of sulfonamides is 1. The van der Waals surface area contributed by atoms with Gasteiger partial charge in [-0.2, -0.15) is 0 Å². The van der Waals surface area contributed by atoms with Crippen molar-refractivity contribution in [1.29, 1.82) is 0 Å². The molecule has 0 radical (unpaired) electrons. The minimum atomic E-state index is -3.35. The van der Waals surface area contributed by atoms with Gasteiger partial charge in [0.1, 0.15) is 5.75 Å². The van der Waals surface area contributed by atoms with Crippen LogP contribution in [0.5, 0.6) is 5.75 Å². The van der Waals surface area contributed by atoms with Gasteiger partial charge in [-0.15, -0.1) is 0 Å². The van der Waals surface area contributed by atoms with Crippen LogP contribution >= 0.6 is 0 Å². The van der Waals surface area contributed by atoms with E-state index in [4.69, 9.17) is 4.74 Å². The van der Waals surface area contributed by atoms with E-state index in [1.807, 2.05) is 0 Å². The number of hydrogen-bond acceptors (Lipinski definition) is 6. The van der Waals surface area contributed by atoms with Gasteiger partial charge in [-0.05, 0) is 55.5 Å². The van der Waals surface area contributed by atoms with E-state index >= 15 is 0 Å². The molecular formula is C19H22N2O6S. The molecule has 2 aromatic carbocycles. The number of carbonyl (C=O) groups excluding carboxylic acids is 2. The van der Waals surface area contributed by atoms with Crippen LogP contribution < -0.4 is 14.4 Å². The summed E-state index contributed by atoms with van der Waals surface area (Å²) in [6.07, 6.45) is 0.320. The summed E-state index contributed by atoms with van der Waals surface area (Å²) in [5.41, 5.74) is 1.37. The average Bonchev–Trinajstić information content (AvgIpc) is 2.67. The molecule has 2 rings (SSSR count). The Bertz CT molecular complexity index is 939. The fourth-order valence-corrected chi connectivity index (χ4v) is 2.74. The first-order valence-electron chi connectivity index (χ1n) is 8.31. The molecule has 0 aromatic heterocycles. The van der Waals surface area contributed by atoms with Crippen LogP contribution in [0.3, 0.4) is 0 Å². The van der Waals surface area contributed by atoms with Crippen molar-refractivity contribution < 1.29 is 27.5 Å². The van der Waals surface area contributed by atoms with Gasteiger partial charge in [-0.3, -0.25) is 9.10 Å². The van der Waals surface area contributed by atoms with Crippen molar-refractivity contribution in [2.24, 2.45) is 0 Å². The van der Waals surface area contributed by atoms with Crippen molar-refractivity contribution in [3.8, 4) is 5.75 Å². The molecule has 0 aliphatic carbocycles. The van der Waals surface area contributed by atoms with Crippen molar-refractivity contribution in [2.45, 2.75) is 13.0 Å². The topological polar surface area (TPSA) is 102 Å². The Labute approximate surface area is 164 Å². The molecule has 1 amide bonds. The third-order valence-electron chi connectivity index (χ3n) is 3.95. The molecule has 0 fully saturated rings. The first kappa shape index (κ1) is 21.2. The van der Waals surface area contributed by atoms with Gasteiger partial charge in [0.25, 0.3) is 5.91 Å². The molecule has 0 heterocycles. The quantitative estimate of drug-likeness (QED) is 0.708.